The number of halogens is 2. The van der Waals surface area contributed by atoms with Crippen LogP contribution in [0.2, 0.25) is 0 Å². The number of unbranched alkanes of at least 4 members (excludes halogenated alkanes) is 1. The van der Waals surface area contributed by atoms with E-state index in [2.05, 4.69) is 32.0 Å². The van der Waals surface area contributed by atoms with Gasteiger partial charge in [0, 0.05) is 0 Å². The standard InChI is InChI=1S/C10H15.C5H5.2ClH.Ti/c1-3-4-5-10-7-6-9(2)8-10;1-2-4-5-3-1;;;/h6-8H,3-5H2,1-2H3;1-5H;2*1H;/q2*-1;;;+4/p-2. The molecule has 0 aliphatic rings. The van der Waals surface area contributed by atoms with Crippen molar-refractivity contribution < 1.29 is 46.5 Å². The Balaban J connectivity index is -0.000000245. The molecule has 2 rings (SSSR count). The molecule has 0 heterocycles. The third kappa shape index (κ3) is 11.1. The van der Waals surface area contributed by atoms with Gasteiger partial charge in [0.1, 0.15) is 0 Å². The summed E-state index contributed by atoms with van der Waals surface area (Å²) in [7, 11) is 0. The van der Waals surface area contributed by atoms with Crippen LogP contribution in [-0.4, -0.2) is 0 Å². The van der Waals surface area contributed by atoms with Crippen molar-refractivity contribution >= 4 is 0 Å². The van der Waals surface area contributed by atoms with Crippen LogP contribution in [0, 0.1) is 6.92 Å². The van der Waals surface area contributed by atoms with Gasteiger partial charge >= 0.3 is 21.7 Å². The van der Waals surface area contributed by atoms with Gasteiger partial charge in [-0.2, -0.15) is 41.5 Å². The van der Waals surface area contributed by atoms with Gasteiger partial charge in [-0.3, -0.25) is 0 Å². The van der Waals surface area contributed by atoms with Gasteiger partial charge in [-0.25, -0.2) is 18.2 Å². The van der Waals surface area contributed by atoms with Gasteiger partial charge in [-0.05, 0) is 0 Å². The Hall–Kier alpha value is -0.00571. The van der Waals surface area contributed by atoms with Crippen molar-refractivity contribution in [1.29, 1.82) is 0 Å². The molecule has 2 aromatic carbocycles. The minimum absolute atomic E-state index is 0. The molecule has 0 aliphatic heterocycles. The topological polar surface area (TPSA) is 0 Å². The molecule has 0 radical (unpaired) electrons. The molecule has 0 fully saturated rings. The summed E-state index contributed by atoms with van der Waals surface area (Å²) < 4.78 is 0. The molecule has 0 spiro atoms. The first-order valence-corrected chi connectivity index (χ1v) is 5.72. The molecule has 0 N–H and O–H groups in total. The van der Waals surface area contributed by atoms with E-state index in [0.717, 1.165) is 0 Å². The van der Waals surface area contributed by atoms with E-state index in [4.69, 9.17) is 0 Å². The molecule has 0 saturated carbocycles. The zero-order chi connectivity index (χ0) is 10.9. The van der Waals surface area contributed by atoms with Crippen molar-refractivity contribution in [2.45, 2.75) is 33.1 Å². The Kier molecular flexibility index (Phi) is 19.3. The number of aryl methyl sites for hydroxylation is 2. The Morgan fingerprint density at radius 1 is 1.17 bits per heavy atom. The minimum atomic E-state index is 0. The van der Waals surface area contributed by atoms with E-state index in [0.29, 0.717) is 0 Å². The fourth-order valence-electron chi connectivity index (χ4n) is 1.48. The zero-order valence-electron chi connectivity index (χ0n) is 11.0. The summed E-state index contributed by atoms with van der Waals surface area (Å²) in [5.74, 6) is 0. The average molecular weight is 319 g/mol. The van der Waals surface area contributed by atoms with E-state index in [1.165, 1.54) is 30.4 Å². The first-order chi connectivity index (χ1) is 7.33. The van der Waals surface area contributed by atoms with Crippen molar-refractivity contribution in [3.05, 3.63) is 59.7 Å². The fourth-order valence-corrected chi connectivity index (χ4v) is 1.48. The maximum atomic E-state index is 2.27. The van der Waals surface area contributed by atoms with Crippen LogP contribution in [0.25, 0.3) is 0 Å². The Bertz CT molecular complexity index is 322. The van der Waals surface area contributed by atoms with Gasteiger partial charge in [0.05, 0.1) is 0 Å². The van der Waals surface area contributed by atoms with Crippen molar-refractivity contribution in [2.24, 2.45) is 0 Å². The van der Waals surface area contributed by atoms with Crippen molar-refractivity contribution in [2.75, 3.05) is 0 Å². The van der Waals surface area contributed by atoms with E-state index in [9.17, 15) is 0 Å². The van der Waals surface area contributed by atoms with Crippen LogP contribution in [0.15, 0.2) is 48.5 Å². The second kappa shape index (κ2) is 15.1. The molecule has 0 nitrogen and oxygen atoms in total. The molecule has 98 valence electrons. The molecule has 3 heteroatoms. The van der Waals surface area contributed by atoms with E-state index < -0.39 is 0 Å². The zero-order valence-corrected chi connectivity index (χ0v) is 14.1. The molecular formula is C15H20Cl2Ti. The van der Waals surface area contributed by atoms with Crippen LogP contribution < -0.4 is 24.8 Å². The largest absolute Gasteiger partial charge is 4.00 e. The van der Waals surface area contributed by atoms with Gasteiger partial charge < -0.3 is 24.8 Å². The molecule has 2 aromatic rings. The van der Waals surface area contributed by atoms with Crippen molar-refractivity contribution in [3.63, 3.8) is 0 Å². The van der Waals surface area contributed by atoms with Gasteiger partial charge in [-0.15, -0.1) is 0 Å². The van der Waals surface area contributed by atoms with E-state index in [-0.39, 0.29) is 46.5 Å². The number of hydrogen-bond donors (Lipinski definition) is 0. The molecule has 0 bridgehead atoms. The summed E-state index contributed by atoms with van der Waals surface area (Å²) in [6.45, 7) is 4.38. The molecular weight excluding hydrogens is 299 g/mol. The number of rotatable bonds is 3. The summed E-state index contributed by atoms with van der Waals surface area (Å²) in [5, 5.41) is 0. The van der Waals surface area contributed by atoms with Crippen LogP contribution in [0.4, 0.5) is 0 Å². The predicted molar refractivity (Wildman–Crippen MR) is 67.4 cm³/mol. The predicted octanol–water partition coefficient (Wildman–Crippen LogP) is -1.53. The first-order valence-electron chi connectivity index (χ1n) is 5.72. The Morgan fingerprint density at radius 3 is 2.11 bits per heavy atom. The fraction of sp³-hybridized carbons (Fsp3) is 0.333. The van der Waals surface area contributed by atoms with Gasteiger partial charge in [0.2, 0.25) is 0 Å². The quantitative estimate of drug-likeness (QED) is 0.476. The van der Waals surface area contributed by atoms with Crippen LogP contribution in [0.3, 0.4) is 0 Å². The van der Waals surface area contributed by atoms with Crippen LogP contribution >= 0.6 is 0 Å². The summed E-state index contributed by atoms with van der Waals surface area (Å²) in [4.78, 5) is 0. The summed E-state index contributed by atoms with van der Waals surface area (Å²) in [5.41, 5.74) is 2.89. The Morgan fingerprint density at radius 2 is 1.78 bits per heavy atom. The third-order valence-electron chi connectivity index (χ3n) is 2.35. The second-order valence-corrected chi connectivity index (χ2v) is 3.86. The monoisotopic (exact) mass is 318 g/mol. The average Bonchev–Trinajstić information content (AvgIpc) is 2.88. The summed E-state index contributed by atoms with van der Waals surface area (Å²) >= 11 is 0. The third-order valence-corrected chi connectivity index (χ3v) is 2.35. The molecule has 0 atom stereocenters. The maximum absolute atomic E-state index is 2.27. The SMILES string of the molecule is CCCCc1cc[c-](C)c1.[Cl-].[Cl-].[Ti+4].c1cc[cH-]c1. The van der Waals surface area contributed by atoms with Gasteiger partial charge in [0.25, 0.3) is 0 Å². The van der Waals surface area contributed by atoms with Crippen LogP contribution in [0.5, 0.6) is 0 Å². The molecule has 0 saturated heterocycles. The normalized spacial score (nSPS) is 7.89. The molecule has 0 aromatic heterocycles. The second-order valence-electron chi connectivity index (χ2n) is 3.86. The Labute approximate surface area is 139 Å². The van der Waals surface area contributed by atoms with Crippen molar-refractivity contribution in [3.8, 4) is 0 Å². The van der Waals surface area contributed by atoms with Gasteiger partial charge in [0.15, 0.2) is 0 Å². The first kappa shape index (κ1) is 23.1. The van der Waals surface area contributed by atoms with Gasteiger partial charge in [-0.1, -0.05) is 33.1 Å². The minimum Gasteiger partial charge on any atom is -1.00 e. The molecule has 0 amide bonds. The molecule has 0 aliphatic carbocycles. The van der Waals surface area contributed by atoms with E-state index in [1.807, 2.05) is 30.3 Å². The summed E-state index contributed by atoms with van der Waals surface area (Å²) in [6.07, 6.45) is 3.87. The van der Waals surface area contributed by atoms with E-state index >= 15 is 0 Å². The maximum Gasteiger partial charge on any atom is 4.00 e. The van der Waals surface area contributed by atoms with Crippen LogP contribution in [0.1, 0.15) is 30.9 Å². The smallest absolute Gasteiger partial charge is 1.00 e. The molecule has 0 unspecified atom stereocenters. The number of hydrogen-bond acceptors (Lipinski definition) is 0. The van der Waals surface area contributed by atoms with Crippen molar-refractivity contribution in [1.82, 2.24) is 0 Å². The van der Waals surface area contributed by atoms with E-state index in [1.54, 1.807) is 0 Å². The van der Waals surface area contributed by atoms with Crippen LogP contribution in [-0.2, 0) is 28.1 Å². The summed E-state index contributed by atoms with van der Waals surface area (Å²) in [6, 6.07) is 16.7. The molecule has 18 heavy (non-hydrogen) atoms.